The van der Waals surface area contributed by atoms with Crippen molar-refractivity contribution in [3.63, 3.8) is 0 Å². The van der Waals surface area contributed by atoms with Crippen LogP contribution in [0, 0.1) is 17.3 Å². The molecule has 0 amide bonds. The molecular formula is C18H23BrO2. The summed E-state index contributed by atoms with van der Waals surface area (Å²) in [6.45, 7) is 2.37. The highest BCUT2D eigenvalue weighted by atomic mass is 79.9. The number of rotatable bonds is 0. The highest BCUT2D eigenvalue weighted by molar-refractivity contribution is 9.09. The molecule has 2 saturated carbocycles. The molecule has 0 aromatic heterocycles. The Hall–Kier alpha value is -0.540. The number of hydrogen-bond acceptors (Lipinski definition) is 2. The summed E-state index contributed by atoms with van der Waals surface area (Å²) in [5, 5.41) is 20.0. The maximum atomic E-state index is 10.3. The predicted molar refractivity (Wildman–Crippen MR) is 86.8 cm³/mol. The summed E-state index contributed by atoms with van der Waals surface area (Å²) in [5.41, 5.74) is 3.04. The number of aliphatic hydroxyl groups is 1. The molecule has 2 fully saturated rings. The van der Waals surface area contributed by atoms with Crippen molar-refractivity contribution in [3.05, 3.63) is 29.3 Å². The van der Waals surface area contributed by atoms with Crippen molar-refractivity contribution in [2.45, 2.75) is 55.9 Å². The average molecular weight is 351 g/mol. The Morgan fingerprint density at radius 3 is 2.90 bits per heavy atom. The van der Waals surface area contributed by atoms with Crippen LogP contribution in [-0.2, 0) is 6.42 Å². The molecule has 6 atom stereocenters. The molecule has 3 aliphatic rings. The Morgan fingerprint density at radius 1 is 1.29 bits per heavy atom. The van der Waals surface area contributed by atoms with Gasteiger partial charge in [-0.2, -0.15) is 0 Å². The number of aliphatic hydroxyl groups excluding tert-OH is 1. The summed E-state index contributed by atoms with van der Waals surface area (Å²) in [6.07, 6.45) is 5.42. The van der Waals surface area contributed by atoms with E-state index >= 15 is 0 Å². The van der Waals surface area contributed by atoms with Crippen molar-refractivity contribution in [1.82, 2.24) is 0 Å². The zero-order valence-electron chi connectivity index (χ0n) is 12.4. The number of alkyl halides is 1. The topological polar surface area (TPSA) is 40.5 Å². The van der Waals surface area contributed by atoms with E-state index in [0.29, 0.717) is 23.5 Å². The number of fused-ring (bicyclic) bond motifs is 5. The quantitative estimate of drug-likeness (QED) is 0.694. The van der Waals surface area contributed by atoms with Gasteiger partial charge in [0, 0.05) is 4.83 Å². The number of aromatic hydroxyl groups is 1. The van der Waals surface area contributed by atoms with Crippen LogP contribution in [0.15, 0.2) is 18.2 Å². The second-order valence-corrected chi connectivity index (χ2v) is 8.53. The third-order valence-corrected chi connectivity index (χ3v) is 8.27. The lowest BCUT2D eigenvalue weighted by Crippen LogP contribution is -2.43. The summed E-state index contributed by atoms with van der Waals surface area (Å²) >= 11 is 3.78. The first kappa shape index (κ1) is 14.1. The molecule has 0 aliphatic heterocycles. The second kappa shape index (κ2) is 4.73. The molecule has 0 unspecified atom stereocenters. The van der Waals surface area contributed by atoms with Crippen LogP contribution in [0.1, 0.15) is 49.7 Å². The number of aryl methyl sites for hydroxylation is 1. The Bertz CT molecular complexity index is 572. The van der Waals surface area contributed by atoms with Gasteiger partial charge in [0.1, 0.15) is 5.75 Å². The monoisotopic (exact) mass is 350 g/mol. The molecule has 2 N–H and O–H groups in total. The first-order chi connectivity index (χ1) is 10.0. The lowest BCUT2D eigenvalue weighted by Gasteiger charge is -2.50. The van der Waals surface area contributed by atoms with Gasteiger partial charge >= 0.3 is 0 Å². The zero-order chi connectivity index (χ0) is 14.8. The van der Waals surface area contributed by atoms with E-state index in [2.05, 4.69) is 28.9 Å². The minimum Gasteiger partial charge on any atom is -0.508 e. The van der Waals surface area contributed by atoms with Crippen LogP contribution in [0.3, 0.4) is 0 Å². The Morgan fingerprint density at radius 2 is 2.10 bits per heavy atom. The van der Waals surface area contributed by atoms with Crippen LogP contribution in [0.2, 0.25) is 0 Å². The molecular weight excluding hydrogens is 328 g/mol. The highest BCUT2D eigenvalue weighted by Crippen LogP contribution is 2.62. The molecule has 3 heteroatoms. The molecule has 0 spiro atoms. The molecule has 0 saturated heterocycles. The maximum Gasteiger partial charge on any atom is 0.115 e. The summed E-state index contributed by atoms with van der Waals surface area (Å²) in [4.78, 5) is 0.247. The van der Waals surface area contributed by atoms with Gasteiger partial charge < -0.3 is 10.2 Å². The van der Waals surface area contributed by atoms with E-state index < -0.39 is 0 Å². The largest absolute Gasteiger partial charge is 0.508 e. The fourth-order valence-corrected chi connectivity index (χ4v) is 6.31. The number of phenolic OH excluding ortho intramolecular Hbond substituents is 1. The van der Waals surface area contributed by atoms with E-state index in [-0.39, 0.29) is 16.3 Å². The minimum atomic E-state index is -0.194. The summed E-state index contributed by atoms with van der Waals surface area (Å²) in [6, 6.07) is 5.93. The fraction of sp³-hybridized carbons (Fsp3) is 0.667. The van der Waals surface area contributed by atoms with Gasteiger partial charge in [-0.15, -0.1) is 0 Å². The zero-order valence-corrected chi connectivity index (χ0v) is 14.0. The van der Waals surface area contributed by atoms with E-state index in [4.69, 9.17) is 0 Å². The minimum absolute atomic E-state index is 0.194. The van der Waals surface area contributed by atoms with Crippen LogP contribution in [0.25, 0.3) is 0 Å². The van der Waals surface area contributed by atoms with E-state index in [9.17, 15) is 10.2 Å². The molecule has 2 nitrogen and oxygen atoms in total. The van der Waals surface area contributed by atoms with Crippen LogP contribution in [0.4, 0.5) is 0 Å². The van der Waals surface area contributed by atoms with Crippen LogP contribution in [0.5, 0.6) is 5.75 Å². The van der Waals surface area contributed by atoms with Gasteiger partial charge in [0.2, 0.25) is 0 Å². The van der Waals surface area contributed by atoms with Gasteiger partial charge in [-0.1, -0.05) is 28.9 Å². The third-order valence-electron chi connectivity index (χ3n) is 6.61. The molecule has 0 radical (unpaired) electrons. The third kappa shape index (κ3) is 1.93. The predicted octanol–water partition coefficient (Wildman–Crippen LogP) is 3.98. The molecule has 0 heterocycles. The van der Waals surface area contributed by atoms with Crippen molar-refractivity contribution < 1.29 is 10.2 Å². The molecule has 4 rings (SSSR count). The van der Waals surface area contributed by atoms with Crippen LogP contribution < -0.4 is 0 Å². The average Bonchev–Trinajstić information content (AvgIpc) is 2.70. The molecule has 1 aromatic rings. The van der Waals surface area contributed by atoms with Crippen LogP contribution >= 0.6 is 15.9 Å². The molecule has 0 bridgehead atoms. The standard InChI is InChI=1S/C18H23BrO2/c1-18-7-6-13-12-5-3-11(20)8-10(12)2-4-14(13)15(18)9-16(21)17(18)19/h3,5,8,13-17,20-21H,2,4,6-7,9H2,1H3/t13-,14-,15+,16+,17-,18+/m1/s1. The fourth-order valence-electron chi connectivity index (χ4n) is 5.52. The number of benzene rings is 1. The molecule has 21 heavy (non-hydrogen) atoms. The maximum absolute atomic E-state index is 10.3. The molecule has 114 valence electrons. The smallest absolute Gasteiger partial charge is 0.115 e. The van der Waals surface area contributed by atoms with Crippen molar-refractivity contribution in [3.8, 4) is 5.75 Å². The Balaban J connectivity index is 1.71. The van der Waals surface area contributed by atoms with E-state index in [1.807, 2.05) is 12.1 Å². The summed E-state index contributed by atoms with van der Waals surface area (Å²) in [7, 11) is 0. The van der Waals surface area contributed by atoms with Crippen molar-refractivity contribution in [2.75, 3.05) is 0 Å². The highest BCUT2D eigenvalue weighted by Gasteiger charge is 2.57. The van der Waals surface area contributed by atoms with E-state index in [0.717, 1.165) is 12.8 Å². The van der Waals surface area contributed by atoms with Crippen molar-refractivity contribution in [2.24, 2.45) is 17.3 Å². The van der Waals surface area contributed by atoms with Gasteiger partial charge in [0.15, 0.2) is 0 Å². The first-order valence-corrected chi connectivity index (χ1v) is 9.06. The SMILES string of the molecule is C[C@]12CC[C@@H]3c4ccc(O)cc4CC[C@H]3[C@@H]1C[C@H](O)[C@H]2Br. The number of phenols is 1. The lowest BCUT2D eigenvalue weighted by molar-refractivity contribution is 0.0640. The van der Waals surface area contributed by atoms with E-state index in [1.165, 1.54) is 30.4 Å². The Kier molecular flexibility index (Phi) is 3.17. The summed E-state index contributed by atoms with van der Waals surface area (Å²) < 4.78 is 0. The normalized spacial score (nSPS) is 44.8. The molecule has 1 aromatic carbocycles. The van der Waals surface area contributed by atoms with E-state index in [1.54, 1.807) is 0 Å². The van der Waals surface area contributed by atoms with Crippen molar-refractivity contribution >= 4 is 15.9 Å². The van der Waals surface area contributed by atoms with Gasteiger partial charge in [0.25, 0.3) is 0 Å². The van der Waals surface area contributed by atoms with Gasteiger partial charge in [0.05, 0.1) is 6.10 Å². The summed E-state index contributed by atoms with van der Waals surface area (Å²) in [5.74, 6) is 2.33. The number of halogens is 1. The Labute approximate surface area is 134 Å². The van der Waals surface area contributed by atoms with Gasteiger partial charge in [-0.3, -0.25) is 0 Å². The van der Waals surface area contributed by atoms with Gasteiger partial charge in [-0.25, -0.2) is 0 Å². The molecule has 3 aliphatic carbocycles. The van der Waals surface area contributed by atoms with Crippen LogP contribution in [-0.4, -0.2) is 21.1 Å². The lowest BCUT2D eigenvalue weighted by atomic mass is 9.56. The van der Waals surface area contributed by atoms with Gasteiger partial charge in [-0.05, 0) is 78.5 Å². The second-order valence-electron chi connectivity index (χ2n) is 7.55. The number of hydrogen-bond donors (Lipinski definition) is 2. The first-order valence-electron chi connectivity index (χ1n) is 8.14. The van der Waals surface area contributed by atoms with Crippen molar-refractivity contribution in [1.29, 1.82) is 0 Å².